The molecule has 0 spiro atoms. The highest BCUT2D eigenvalue weighted by Gasteiger charge is 2.28. The van der Waals surface area contributed by atoms with Gasteiger partial charge in [-0.25, -0.2) is 4.98 Å². The highest BCUT2D eigenvalue weighted by atomic mass is 14.9. The number of rotatable bonds is 2. The van der Waals surface area contributed by atoms with Gasteiger partial charge in [-0.15, -0.1) is 0 Å². The molecule has 0 saturated heterocycles. The minimum Gasteiger partial charge on any atom is -0.251 e. The van der Waals surface area contributed by atoms with Crippen molar-refractivity contribution in [1.29, 1.82) is 0 Å². The fourth-order valence-electron chi connectivity index (χ4n) is 5.84. The predicted octanol–water partition coefficient (Wildman–Crippen LogP) is 10.4. The van der Waals surface area contributed by atoms with Gasteiger partial charge in [-0.3, -0.25) is 9.98 Å². The van der Waals surface area contributed by atoms with Crippen LogP contribution in [0.4, 0.5) is 11.4 Å². The van der Waals surface area contributed by atoms with Crippen molar-refractivity contribution in [2.75, 3.05) is 0 Å². The Bertz CT molecular complexity index is 1410. The van der Waals surface area contributed by atoms with Crippen LogP contribution in [0.5, 0.6) is 0 Å². The largest absolute Gasteiger partial charge is 0.251 e. The fraction of sp³-hybridized carbons (Fsp3) is 0.513. The van der Waals surface area contributed by atoms with Crippen molar-refractivity contribution in [2.45, 2.75) is 130 Å². The van der Waals surface area contributed by atoms with Gasteiger partial charge < -0.3 is 0 Å². The Balaban J connectivity index is 1.57. The van der Waals surface area contributed by atoms with Crippen LogP contribution >= 0.6 is 0 Å². The first-order valence-electron chi connectivity index (χ1n) is 15.8. The minimum atomic E-state index is 0.0609. The molecule has 222 valence electrons. The number of hydrogen-bond donors (Lipinski definition) is 0. The number of aryl methyl sites for hydroxylation is 2. The summed E-state index contributed by atoms with van der Waals surface area (Å²) < 4.78 is 0. The zero-order valence-corrected chi connectivity index (χ0v) is 28.2. The fourth-order valence-corrected chi connectivity index (χ4v) is 5.84. The molecule has 3 aromatic rings. The monoisotopic (exact) mass is 561 g/mol. The number of aromatic nitrogens is 1. The van der Waals surface area contributed by atoms with Crippen LogP contribution in [0.1, 0.15) is 141 Å². The minimum absolute atomic E-state index is 0.0609. The quantitative estimate of drug-likeness (QED) is 0.307. The van der Waals surface area contributed by atoms with E-state index in [0.717, 1.165) is 59.9 Å². The maximum Gasteiger partial charge on any atom is 0.0885 e. The lowest BCUT2D eigenvalue weighted by atomic mass is 9.80. The Labute approximate surface area is 255 Å². The smallest absolute Gasteiger partial charge is 0.0885 e. The van der Waals surface area contributed by atoms with Crippen LogP contribution < -0.4 is 0 Å². The van der Waals surface area contributed by atoms with Gasteiger partial charge in [0.05, 0.1) is 34.2 Å². The summed E-state index contributed by atoms with van der Waals surface area (Å²) in [6.45, 7) is 27.4. The number of benzene rings is 2. The molecule has 0 radical (unpaired) electrons. The molecule has 2 aromatic carbocycles. The molecule has 42 heavy (non-hydrogen) atoms. The molecule has 3 nitrogen and oxygen atoms in total. The average Bonchev–Trinajstić information content (AvgIpc) is 3.43. The molecule has 3 heteroatoms. The second kappa shape index (κ2) is 10.3. The maximum absolute atomic E-state index is 5.31. The number of pyridine rings is 1. The molecule has 0 aliphatic heterocycles. The van der Waals surface area contributed by atoms with Gasteiger partial charge in [0.15, 0.2) is 0 Å². The van der Waals surface area contributed by atoms with Crippen LogP contribution in [0.25, 0.3) is 0 Å². The van der Waals surface area contributed by atoms with E-state index in [1.807, 2.05) is 0 Å². The molecular formula is C39H51N3. The van der Waals surface area contributed by atoms with Crippen molar-refractivity contribution in [2.24, 2.45) is 9.98 Å². The van der Waals surface area contributed by atoms with Crippen LogP contribution in [-0.2, 0) is 34.5 Å². The molecule has 1 aromatic heterocycles. The molecule has 0 fully saturated rings. The van der Waals surface area contributed by atoms with E-state index in [-0.39, 0.29) is 21.7 Å². The van der Waals surface area contributed by atoms with E-state index in [4.69, 9.17) is 15.0 Å². The summed E-state index contributed by atoms with van der Waals surface area (Å²) in [7, 11) is 0. The molecule has 5 rings (SSSR count). The van der Waals surface area contributed by atoms with Crippen molar-refractivity contribution < 1.29 is 0 Å². The Morgan fingerprint density at radius 2 is 0.738 bits per heavy atom. The van der Waals surface area contributed by atoms with Crippen LogP contribution in [0.3, 0.4) is 0 Å². The first kappa shape index (κ1) is 30.4. The van der Waals surface area contributed by atoms with E-state index in [2.05, 4.69) is 126 Å². The van der Waals surface area contributed by atoms with E-state index in [1.165, 1.54) is 33.4 Å². The lowest BCUT2D eigenvalue weighted by molar-refractivity contribution is 0.568. The van der Waals surface area contributed by atoms with Gasteiger partial charge in [-0.2, -0.15) is 0 Å². The van der Waals surface area contributed by atoms with Gasteiger partial charge in [0.2, 0.25) is 0 Å². The van der Waals surface area contributed by atoms with E-state index < -0.39 is 0 Å². The summed E-state index contributed by atoms with van der Waals surface area (Å²) in [5.74, 6) is 0. The third-order valence-electron chi connectivity index (χ3n) is 8.82. The van der Waals surface area contributed by atoms with Gasteiger partial charge in [0.25, 0.3) is 0 Å². The zero-order chi connectivity index (χ0) is 30.8. The van der Waals surface area contributed by atoms with Crippen LogP contribution in [0.2, 0.25) is 0 Å². The number of aliphatic imine (C=N–C) groups is 2. The van der Waals surface area contributed by atoms with E-state index in [0.29, 0.717) is 0 Å². The molecule has 2 aliphatic rings. The Kier molecular flexibility index (Phi) is 7.44. The van der Waals surface area contributed by atoms with Gasteiger partial charge in [0, 0.05) is 0 Å². The lowest BCUT2D eigenvalue weighted by Gasteiger charge is -2.25. The molecule has 0 unspecified atom stereocenters. The van der Waals surface area contributed by atoms with Crippen molar-refractivity contribution in [3.63, 3.8) is 0 Å². The third kappa shape index (κ3) is 6.31. The Morgan fingerprint density at radius 3 is 1.02 bits per heavy atom. The molecule has 0 N–H and O–H groups in total. The highest BCUT2D eigenvalue weighted by Crippen LogP contribution is 2.37. The lowest BCUT2D eigenvalue weighted by Crippen LogP contribution is -2.16. The van der Waals surface area contributed by atoms with Gasteiger partial charge in [0.1, 0.15) is 0 Å². The molecule has 1 heterocycles. The molecule has 2 aliphatic carbocycles. The van der Waals surface area contributed by atoms with Gasteiger partial charge >= 0.3 is 0 Å². The van der Waals surface area contributed by atoms with Crippen LogP contribution in [0, 0.1) is 0 Å². The van der Waals surface area contributed by atoms with Crippen molar-refractivity contribution in [3.8, 4) is 0 Å². The number of fused-ring (bicyclic) bond motifs is 2. The summed E-state index contributed by atoms with van der Waals surface area (Å²) >= 11 is 0. The summed E-state index contributed by atoms with van der Waals surface area (Å²) in [5, 5.41) is 0. The topological polar surface area (TPSA) is 37.6 Å². The van der Waals surface area contributed by atoms with Crippen molar-refractivity contribution in [1.82, 2.24) is 4.98 Å². The molecule has 0 saturated carbocycles. The number of hydrogen-bond acceptors (Lipinski definition) is 3. The molecule has 0 amide bonds. The first-order valence-corrected chi connectivity index (χ1v) is 15.8. The third-order valence-corrected chi connectivity index (χ3v) is 8.82. The summed E-state index contributed by atoms with van der Waals surface area (Å²) in [5.41, 5.74) is 14.7. The van der Waals surface area contributed by atoms with E-state index in [1.54, 1.807) is 0 Å². The summed E-state index contributed by atoms with van der Waals surface area (Å²) in [6, 6.07) is 16.2. The second-order valence-electron chi connectivity index (χ2n) is 16.7. The summed E-state index contributed by atoms with van der Waals surface area (Å²) in [4.78, 5) is 15.9. The Morgan fingerprint density at radius 1 is 0.429 bits per heavy atom. The van der Waals surface area contributed by atoms with Crippen molar-refractivity contribution >= 4 is 22.8 Å². The van der Waals surface area contributed by atoms with Crippen molar-refractivity contribution in [3.05, 3.63) is 87.2 Å². The summed E-state index contributed by atoms with van der Waals surface area (Å²) in [6.07, 6.45) is 3.89. The standard InChI is InChI=1S/C39H51N3/c1-36(2,3)26-18-27(37(4,5)6)21-30(20-26)40-32-15-13-24-17-25-14-16-33(35(25)42-34(24)32)41-31-22-28(38(7,8)9)19-29(23-31)39(10,11)12/h17-23H,13-16H2,1-12H3. The number of nitrogens with zero attached hydrogens (tertiary/aromatic N) is 3. The normalized spacial score (nSPS) is 17.7. The Hall–Kier alpha value is -3.07. The second-order valence-corrected chi connectivity index (χ2v) is 16.7. The zero-order valence-electron chi connectivity index (χ0n) is 28.2. The first-order chi connectivity index (χ1) is 19.3. The predicted molar refractivity (Wildman–Crippen MR) is 181 cm³/mol. The van der Waals surface area contributed by atoms with E-state index >= 15 is 0 Å². The molecule has 0 atom stereocenters. The molecular weight excluding hydrogens is 510 g/mol. The van der Waals surface area contributed by atoms with Crippen LogP contribution in [0.15, 0.2) is 52.4 Å². The van der Waals surface area contributed by atoms with Gasteiger partial charge in [-0.1, -0.05) is 101 Å². The van der Waals surface area contributed by atoms with E-state index in [9.17, 15) is 0 Å². The maximum atomic E-state index is 5.31. The SMILES string of the molecule is CC(C)(C)c1cc(N=C2CCc3cc4c(nc32)C(=Nc2cc(C(C)(C)C)cc(C(C)(C)C)c2)CC4)cc(C(C)(C)C)c1. The van der Waals surface area contributed by atoms with Gasteiger partial charge in [-0.05, 0) is 105 Å². The average molecular weight is 562 g/mol. The highest BCUT2D eigenvalue weighted by molar-refractivity contribution is 6.08. The van der Waals surface area contributed by atoms with Crippen LogP contribution in [-0.4, -0.2) is 16.4 Å². The molecule has 0 bridgehead atoms.